The predicted molar refractivity (Wildman–Crippen MR) is 188 cm³/mol. The Morgan fingerprint density at radius 1 is 0.857 bits per heavy atom. The van der Waals surface area contributed by atoms with Crippen LogP contribution in [0.1, 0.15) is 88.5 Å². The zero-order valence-corrected chi connectivity index (χ0v) is 33.8. The number of hydrogen-bond donors (Lipinski definition) is 1. The van der Waals surface area contributed by atoms with E-state index in [4.69, 9.17) is 37.9 Å². The number of rotatable bonds is 7. The number of allylic oxidation sites excluding steroid dienone is 1. The highest BCUT2D eigenvalue weighted by Gasteiger charge is 2.91. The topological polar surface area (TPSA) is 217 Å². The molecule has 4 aliphatic carbocycles. The van der Waals surface area contributed by atoms with Gasteiger partial charge in [0.2, 0.25) is 5.60 Å². The minimum absolute atomic E-state index is 0.0614. The lowest BCUT2D eigenvalue weighted by molar-refractivity contribution is -0.360. The Labute approximate surface area is 325 Å². The van der Waals surface area contributed by atoms with Crippen LogP contribution in [0.5, 0.6) is 0 Å². The van der Waals surface area contributed by atoms with Crippen molar-refractivity contribution in [2.75, 3.05) is 13.7 Å². The SMILES string of the molecule is COC(=O)C12OC1C(C)CC1(O)C3CCC4(C)C(C(OC(C)=O)C(OC(C)=O)C5([C@@H](C)OC(C)=O)COC(=O)C=CC45)C3(C)C(OC(C)=O)C(OC(C)=O)C12C. The van der Waals surface area contributed by atoms with Gasteiger partial charge in [-0.1, -0.05) is 26.8 Å². The summed E-state index contributed by atoms with van der Waals surface area (Å²) in [6.45, 7) is 14.2. The number of carbonyl (C=O) groups is 7. The summed E-state index contributed by atoms with van der Waals surface area (Å²) >= 11 is 0. The van der Waals surface area contributed by atoms with E-state index in [-0.39, 0.29) is 19.3 Å². The molecule has 0 aromatic rings. The molecule has 1 saturated heterocycles. The Balaban J connectivity index is 1.72. The van der Waals surface area contributed by atoms with Crippen molar-refractivity contribution in [1.29, 1.82) is 0 Å². The van der Waals surface area contributed by atoms with Gasteiger partial charge in [-0.15, -0.1) is 0 Å². The summed E-state index contributed by atoms with van der Waals surface area (Å²) in [5.74, 6) is -8.48. The average Bonchev–Trinajstić information content (AvgIpc) is 3.87. The zero-order valence-electron chi connectivity index (χ0n) is 33.8. The van der Waals surface area contributed by atoms with E-state index in [0.29, 0.717) is 0 Å². The number of carbonyl (C=O) groups excluding carboxylic acids is 7. The number of ether oxygens (including phenoxy) is 8. The first-order chi connectivity index (χ1) is 25.9. The molecule has 15 unspecified atom stereocenters. The molecule has 0 aromatic carbocycles. The molecule has 16 nitrogen and oxygen atoms in total. The van der Waals surface area contributed by atoms with Crippen LogP contribution in [0.4, 0.5) is 0 Å². The van der Waals surface area contributed by atoms with Crippen LogP contribution in [0.25, 0.3) is 0 Å². The Kier molecular flexibility index (Phi) is 10.0. The summed E-state index contributed by atoms with van der Waals surface area (Å²) in [6.07, 6.45) is -4.33. The lowest BCUT2D eigenvalue weighted by Gasteiger charge is -2.74. The van der Waals surface area contributed by atoms with E-state index in [2.05, 4.69) is 0 Å². The highest BCUT2D eigenvalue weighted by molar-refractivity contribution is 5.86. The predicted octanol–water partition coefficient (Wildman–Crippen LogP) is 2.53. The molecule has 310 valence electrons. The molecule has 6 aliphatic rings. The van der Waals surface area contributed by atoms with Crippen molar-refractivity contribution in [2.45, 2.75) is 136 Å². The molecule has 5 fully saturated rings. The van der Waals surface area contributed by atoms with Gasteiger partial charge in [-0.05, 0) is 56.3 Å². The van der Waals surface area contributed by atoms with E-state index >= 15 is 0 Å². The van der Waals surface area contributed by atoms with E-state index < -0.39 is 142 Å². The maximum absolute atomic E-state index is 14.0. The quantitative estimate of drug-likeness (QED) is 0.223. The Morgan fingerprint density at radius 3 is 1.98 bits per heavy atom. The van der Waals surface area contributed by atoms with Gasteiger partial charge >= 0.3 is 41.8 Å². The second-order valence-corrected chi connectivity index (χ2v) is 17.5. The normalized spacial score (nSPS) is 46.2. The summed E-state index contributed by atoms with van der Waals surface area (Å²) in [7, 11) is 1.19. The number of cyclic esters (lactones) is 1. The first kappa shape index (κ1) is 41.6. The summed E-state index contributed by atoms with van der Waals surface area (Å²) in [5, 5.41) is 13.7. The average molecular weight is 791 g/mol. The monoisotopic (exact) mass is 790 g/mol. The van der Waals surface area contributed by atoms with Gasteiger partial charge < -0.3 is 43.0 Å². The van der Waals surface area contributed by atoms with E-state index in [1.807, 2.05) is 13.8 Å². The lowest BCUT2D eigenvalue weighted by Crippen LogP contribution is -2.84. The van der Waals surface area contributed by atoms with E-state index in [1.165, 1.54) is 34.0 Å². The van der Waals surface area contributed by atoms with Crippen LogP contribution in [0.15, 0.2) is 12.2 Å². The number of fused-ring (bicyclic) bond motifs is 9. The van der Waals surface area contributed by atoms with Crippen molar-refractivity contribution in [3.8, 4) is 0 Å². The van der Waals surface area contributed by atoms with Crippen molar-refractivity contribution in [1.82, 2.24) is 0 Å². The number of aliphatic hydroxyl groups is 1. The fraction of sp³-hybridized carbons (Fsp3) is 0.775. The van der Waals surface area contributed by atoms with Crippen LogP contribution >= 0.6 is 0 Å². The second kappa shape index (κ2) is 13.5. The standard InChI is InChI=1S/C40H54O16/c1-18-16-39(48)26-14-15-35(8)25-12-13-27(46)50-17-38(25,19(2)51-20(3)41)31(53-22(5)43)28(52-21(4)42)29(35)36(26,9)32(54-23(6)44)33(55-24(7)45)37(39,10)40(30(18)56-40)34(47)49-11/h12-13,18-19,25-26,28-33,48H,14-17H2,1-11H3/t18?,19-,25?,26?,28?,29?,30?,31?,32?,33?,35?,36?,37?,38?,39?,40?/m1/s1. The van der Waals surface area contributed by atoms with Gasteiger partial charge in [0.15, 0.2) is 12.2 Å². The van der Waals surface area contributed by atoms with Crippen LogP contribution in [0, 0.1) is 45.3 Å². The third kappa shape index (κ3) is 5.39. The summed E-state index contributed by atoms with van der Waals surface area (Å²) < 4.78 is 48.1. The molecule has 56 heavy (non-hydrogen) atoms. The van der Waals surface area contributed by atoms with Gasteiger partial charge in [0.25, 0.3) is 0 Å². The third-order valence-corrected chi connectivity index (χ3v) is 14.7. The molecule has 0 radical (unpaired) electrons. The van der Waals surface area contributed by atoms with Crippen molar-refractivity contribution in [3.63, 3.8) is 0 Å². The number of methoxy groups -OCH3 is 1. The maximum Gasteiger partial charge on any atom is 0.341 e. The van der Waals surface area contributed by atoms with Crippen LogP contribution in [0.2, 0.25) is 0 Å². The maximum atomic E-state index is 14.0. The first-order valence-electron chi connectivity index (χ1n) is 19.1. The smallest absolute Gasteiger partial charge is 0.341 e. The Bertz CT molecular complexity index is 1760. The van der Waals surface area contributed by atoms with Gasteiger partial charge in [0.1, 0.15) is 31.0 Å². The molecule has 2 aliphatic heterocycles. The van der Waals surface area contributed by atoms with Crippen molar-refractivity contribution in [2.24, 2.45) is 45.3 Å². The van der Waals surface area contributed by atoms with Crippen LogP contribution in [-0.2, 0) is 71.5 Å². The Morgan fingerprint density at radius 2 is 1.43 bits per heavy atom. The molecular formula is C40H54O16. The van der Waals surface area contributed by atoms with Crippen molar-refractivity contribution in [3.05, 3.63) is 12.2 Å². The van der Waals surface area contributed by atoms with Crippen LogP contribution < -0.4 is 0 Å². The zero-order chi connectivity index (χ0) is 41.7. The second-order valence-electron chi connectivity index (χ2n) is 17.5. The molecule has 0 bridgehead atoms. The number of esters is 7. The highest BCUT2D eigenvalue weighted by atomic mass is 16.7. The molecular weight excluding hydrogens is 736 g/mol. The fourth-order valence-corrected chi connectivity index (χ4v) is 13.0. The van der Waals surface area contributed by atoms with Crippen LogP contribution in [-0.4, -0.2) is 108 Å². The van der Waals surface area contributed by atoms with Gasteiger partial charge in [-0.25, -0.2) is 9.59 Å². The summed E-state index contributed by atoms with van der Waals surface area (Å²) in [5.41, 5.74) is -9.70. The summed E-state index contributed by atoms with van der Waals surface area (Å²) in [6, 6.07) is 0. The minimum Gasteiger partial charge on any atom is -0.467 e. The molecule has 6 rings (SSSR count). The molecule has 16 atom stereocenters. The Hall–Kier alpha value is -4.05. The molecule has 4 saturated carbocycles. The van der Waals surface area contributed by atoms with E-state index in [1.54, 1.807) is 26.8 Å². The van der Waals surface area contributed by atoms with E-state index in [9.17, 15) is 38.7 Å². The largest absolute Gasteiger partial charge is 0.467 e. The molecule has 1 N–H and O–H groups in total. The van der Waals surface area contributed by atoms with E-state index in [0.717, 1.165) is 13.8 Å². The van der Waals surface area contributed by atoms with Gasteiger partial charge in [0, 0.05) is 52.0 Å². The first-order valence-corrected chi connectivity index (χ1v) is 19.1. The van der Waals surface area contributed by atoms with Gasteiger partial charge in [0.05, 0.1) is 23.5 Å². The molecule has 0 spiro atoms. The molecule has 0 aromatic heterocycles. The highest BCUT2D eigenvalue weighted by Crippen LogP contribution is 2.79. The summed E-state index contributed by atoms with van der Waals surface area (Å²) in [4.78, 5) is 92.8. The van der Waals surface area contributed by atoms with Crippen LogP contribution in [0.3, 0.4) is 0 Å². The fourth-order valence-electron chi connectivity index (χ4n) is 13.0. The van der Waals surface area contributed by atoms with Crippen molar-refractivity contribution < 1.29 is 76.6 Å². The van der Waals surface area contributed by atoms with Crippen molar-refractivity contribution >= 4 is 41.8 Å². The minimum atomic E-state index is -1.91. The third-order valence-electron chi connectivity index (χ3n) is 14.7. The lowest BCUT2D eigenvalue weighted by atomic mass is 9.31. The molecule has 16 heteroatoms. The number of epoxide rings is 1. The van der Waals surface area contributed by atoms with Gasteiger partial charge in [-0.2, -0.15) is 0 Å². The number of hydrogen-bond acceptors (Lipinski definition) is 16. The molecule has 0 amide bonds. The molecule has 2 heterocycles. The van der Waals surface area contributed by atoms with Gasteiger partial charge in [-0.3, -0.25) is 24.0 Å².